The Balaban J connectivity index is 2.98. The van der Waals surface area contributed by atoms with Gasteiger partial charge in [-0.1, -0.05) is 90.9 Å². The third-order valence-corrected chi connectivity index (χ3v) is 4.28. The van der Waals surface area contributed by atoms with Crippen LogP contribution in [0, 0.1) is 0 Å². The zero-order valence-electron chi connectivity index (χ0n) is 12.9. The maximum Gasteiger partial charge on any atom is 0.00167 e. The molecule has 0 heterocycles. The number of unbranched alkanes of at least 4 members (excludes halogenated alkanes) is 10. The van der Waals surface area contributed by atoms with E-state index < -0.39 is 0 Å². The van der Waals surface area contributed by atoms with Crippen molar-refractivity contribution in [2.75, 3.05) is 0 Å². The summed E-state index contributed by atoms with van der Waals surface area (Å²) in [7, 11) is 0. The van der Waals surface area contributed by atoms with E-state index in [1.54, 1.807) is 0 Å². The van der Waals surface area contributed by atoms with Gasteiger partial charge in [-0.25, -0.2) is 0 Å². The second-order valence-electron chi connectivity index (χ2n) is 5.77. The van der Waals surface area contributed by atoms with Crippen molar-refractivity contribution in [3.05, 3.63) is 0 Å². The van der Waals surface area contributed by atoms with Crippen molar-refractivity contribution in [3.8, 4) is 0 Å². The summed E-state index contributed by atoms with van der Waals surface area (Å²) < 4.78 is 0. The van der Waals surface area contributed by atoms with E-state index in [2.05, 4.69) is 26.5 Å². The fraction of sp³-hybridized carbons (Fsp3) is 1.00. The Bertz CT molecular complexity index is 145. The summed E-state index contributed by atoms with van der Waals surface area (Å²) in [5.74, 6) is 0. The van der Waals surface area contributed by atoms with E-state index in [0.717, 1.165) is 0 Å². The molecule has 1 heteroatoms. The van der Waals surface area contributed by atoms with Crippen molar-refractivity contribution in [1.29, 1.82) is 0 Å². The topological polar surface area (TPSA) is 0 Å². The summed E-state index contributed by atoms with van der Waals surface area (Å²) in [6.07, 6.45) is 19.7. The molecule has 0 aliphatic rings. The number of hydrogen-bond acceptors (Lipinski definition) is 1. The molecule has 1 atom stereocenters. The van der Waals surface area contributed by atoms with Crippen molar-refractivity contribution >= 4 is 12.6 Å². The average Bonchev–Trinajstić information content (AvgIpc) is 2.36. The fourth-order valence-electron chi connectivity index (χ4n) is 2.52. The molecule has 0 aromatic heterocycles. The number of hydrogen-bond donors (Lipinski definition) is 1. The molecular weight excluding hydrogens is 236 g/mol. The van der Waals surface area contributed by atoms with Crippen LogP contribution in [0.1, 0.15) is 104 Å². The van der Waals surface area contributed by atoms with Gasteiger partial charge in [-0.2, -0.15) is 12.6 Å². The van der Waals surface area contributed by atoms with Crippen molar-refractivity contribution in [2.45, 2.75) is 109 Å². The molecule has 110 valence electrons. The van der Waals surface area contributed by atoms with Gasteiger partial charge in [0.2, 0.25) is 0 Å². The Hall–Kier alpha value is 0.350. The lowest BCUT2D eigenvalue weighted by molar-refractivity contribution is 0.538. The minimum atomic E-state index is 0.661. The molecule has 0 fully saturated rings. The fourth-order valence-corrected chi connectivity index (χ4v) is 2.96. The molecule has 1 unspecified atom stereocenters. The summed E-state index contributed by atoms with van der Waals surface area (Å²) in [6, 6.07) is 0. The Morgan fingerprint density at radius 1 is 0.556 bits per heavy atom. The van der Waals surface area contributed by atoms with E-state index in [-0.39, 0.29) is 0 Å². The molecule has 0 radical (unpaired) electrons. The van der Waals surface area contributed by atoms with Gasteiger partial charge in [0.05, 0.1) is 0 Å². The second-order valence-corrected chi connectivity index (χ2v) is 6.50. The van der Waals surface area contributed by atoms with Crippen molar-refractivity contribution < 1.29 is 0 Å². The summed E-state index contributed by atoms with van der Waals surface area (Å²) in [6.45, 7) is 4.54. The van der Waals surface area contributed by atoms with E-state index in [0.29, 0.717) is 5.25 Å². The first-order valence-electron chi connectivity index (χ1n) is 8.49. The van der Waals surface area contributed by atoms with Crippen LogP contribution in [0.15, 0.2) is 0 Å². The van der Waals surface area contributed by atoms with Crippen LogP contribution >= 0.6 is 12.6 Å². The van der Waals surface area contributed by atoms with Crippen LogP contribution in [0.3, 0.4) is 0 Å². The van der Waals surface area contributed by atoms with Gasteiger partial charge in [0.15, 0.2) is 0 Å². The minimum absolute atomic E-state index is 0.661. The predicted octanol–water partition coefficient (Wildman–Crippen LogP) is 6.79. The van der Waals surface area contributed by atoms with Gasteiger partial charge in [0.1, 0.15) is 0 Å². The van der Waals surface area contributed by atoms with Gasteiger partial charge in [0.25, 0.3) is 0 Å². The monoisotopic (exact) mass is 272 g/mol. The first kappa shape index (κ1) is 18.4. The molecule has 0 saturated carbocycles. The Morgan fingerprint density at radius 2 is 1.00 bits per heavy atom. The zero-order valence-corrected chi connectivity index (χ0v) is 13.8. The first-order chi connectivity index (χ1) is 8.81. The van der Waals surface area contributed by atoms with Crippen LogP contribution in [0.4, 0.5) is 0 Å². The maximum absolute atomic E-state index is 4.61. The Kier molecular flexibility index (Phi) is 15.7. The number of rotatable bonds is 14. The second kappa shape index (κ2) is 15.4. The highest BCUT2D eigenvalue weighted by molar-refractivity contribution is 7.80. The Labute approximate surface area is 122 Å². The van der Waals surface area contributed by atoms with Gasteiger partial charge < -0.3 is 0 Å². The van der Waals surface area contributed by atoms with Crippen LogP contribution in [0.2, 0.25) is 0 Å². The van der Waals surface area contributed by atoms with Crippen LogP contribution in [0.25, 0.3) is 0 Å². The molecule has 0 aliphatic carbocycles. The lowest BCUT2D eigenvalue weighted by atomic mass is 10.0. The molecule has 0 rings (SSSR count). The van der Waals surface area contributed by atoms with E-state index in [4.69, 9.17) is 0 Å². The Morgan fingerprint density at radius 3 is 1.44 bits per heavy atom. The lowest BCUT2D eigenvalue weighted by Crippen LogP contribution is -1.97. The molecule has 0 aliphatic heterocycles. The standard InChI is InChI=1S/C17H36S/c1-3-5-6-7-8-9-10-11-12-13-14-16-17(18)15-4-2/h17-18H,3-16H2,1-2H3. The molecule has 0 aromatic rings. The molecule has 0 spiro atoms. The minimum Gasteiger partial charge on any atom is -0.176 e. The van der Waals surface area contributed by atoms with Gasteiger partial charge in [-0.3, -0.25) is 0 Å². The van der Waals surface area contributed by atoms with E-state index in [1.807, 2.05) is 0 Å². The highest BCUT2D eigenvalue weighted by atomic mass is 32.1. The largest absolute Gasteiger partial charge is 0.176 e. The molecule has 0 N–H and O–H groups in total. The summed E-state index contributed by atoms with van der Waals surface area (Å²) in [5.41, 5.74) is 0. The van der Waals surface area contributed by atoms with Crippen LogP contribution in [-0.2, 0) is 0 Å². The first-order valence-corrected chi connectivity index (χ1v) is 9.01. The van der Waals surface area contributed by atoms with Crippen molar-refractivity contribution in [1.82, 2.24) is 0 Å². The summed E-state index contributed by atoms with van der Waals surface area (Å²) in [4.78, 5) is 0. The molecule has 0 saturated heterocycles. The van der Waals surface area contributed by atoms with Gasteiger partial charge in [0, 0.05) is 5.25 Å². The van der Waals surface area contributed by atoms with E-state index >= 15 is 0 Å². The summed E-state index contributed by atoms with van der Waals surface area (Å²) in [5, 5.41) is 0.661. The van der Waals surface area contributed by atoms with Crippen LogP contribution in [0.5, 0.6) is 0 Å². The SMILES string of the molecule is CCCCCCCCCCCCCC(S)CCC. The summed E-state index contributed by atoms with van der Waals surface area (Å²) >= 11 is 4.61. The zero-order chi connectivity index (χ0) is 13.5. The third-order valence-electron chi connectivity index (χ3n) is 3.76. The van der Waals surface area contributed by atoms with Crippen LogP contribution < -0.4 is 0 Å². The highest BCUT2D eigenvalue weighted by Gasteiger charge is 2.00. The predicted molar refractivity (Wildman–Crippen MR) is 88.8 cm³/mol. The molecule has 0 bridgehead atoms. The molecule has 0 aromatic carbocycles. The van der Waals surface area contributed by atoms with Gasteiger partial charge in [-0.15, -0.1) is 0 Å². The normalized spacial score (nSPS) is 12.8. The van der Waals surface area contributed by atoms with E-state index in [9.17, 15) is 0 Å². The van der Waals surface area contributed by atoms with E-state index in [1.165, 1.54) is 89.9 Å². The smallest absolute Gasteiger partial charge is 0.00167 e. The van der Waals surface area contributed by atoms with Crippen molar-refractivity contribution in [3.63, 3.8) is 0 Å². The molecular formula is C17H36S. The molecule has 18 heavy (non-hydrogen) atoms. The number of thiol groups is 1. The van der Waals surface area contributed by atoms with Gasteiger partial charge >= 0.3 is 0 Å². The highest BCUT2D eigenvalue weighted by Crippen LogP contribution is 2.16. The lowest BCUT2D eigenvalue weighted by Gasteiger charge is -2.08. The maximum atomic E-state index is 4.61. The van der Waals surface area contributed by atoms with Gasteiger partial charge in [-0.05, 0) is 12.8 Å². The molecule has 0 nitrogen and oxygen atoms in total. The van der Waals surface area contributed by atoms with Crippen LogP contribution in [-0.4, -0.2) is 5.25 Å². The average molecular weight is 273 g/mol. The van der Waals surface area contributed by atoms with Crippen molar-refractivity contribution in [2.24, 2.45) is 0 Å². The quantitative estimate of drug-likeness (QED) is 0.261. The third kappa shape index (κ3) is 14.4. The molecule has 0 amide bonds.